The third-order valence-electron chi connectivity index (χ3n) is 4.22. The molecule has 0 aliphatic carbocycles. The Kier molecular flexibility index (Phi) is 6.16. The highest BCUT2D eigenvalue weighted by atomic mass is 35.5. The van der Waals surface area contributed by atoms with E-state index in [0.717, 1.165) is 55.2 Å². The fraction of sp³-hybridized carbons (Fsp3) is 0.350. The maximum Gasteiger partial charge on any atom is 0.123 e. The molecule has 2 heterocycles. The van der Waals surface area contributed by atoms with Gasteiger partial charge in [-0.3, -0.25) is 0 Å². The summed E-state index contributed by atoms with van der Waals surface area (Å²) in [4.78, 5) is 6.48. The zero-order valence-electron chi connectivity index (χ0n) is 14.1. The summed E-state index contributed by atoms with van der Waals surface area (Å²) in [5, 5.41) is 0.734. The van der Waals surface area contributed by atoms with Crippen LogP contribution in [0.2, 0.25) is 5.02 Å². The van der Waals surface area contributed by atoms with Gasteiger partial charge in [0.25, 0.3) is 0 Å². The van der Waals surface area contributed by atoms with Gasteiger partial charge in [-0.15, -0.1) is 0 Å². The van der Waals surface area contributed by atoms with Crippen molar-refractivity contribution in [2.24, 2.45) is 0 Å². The second kappa shape index (κ2) is 8.75. The molecule has 130 valence electrons. The smallest absolute Gasteiger partial charge is 0.123 e. The van der Waals surface area contributed by atoms with E-state index >= 15 is 0 Å². The number of halogens is 1. The zero-order valence-corrected chi connectivity index (χ0v) is 14.9. The minimum atomic E-state index is 0.282. The van der Waals surface area contributed by atoms with Gasteiger partial charge < -0.3 is 15.4 Å². The Morgan fingerprint density at radius 3 is 2.60 bits per heavy atom. The molecule has 3 rings (SSSR count). The summed E-state index contributed by atoms with van der Waals surface area (Å²) < 4.78 is 6.02. The van der Waals surface area contributed by atoms with Crippen molar-refractivity contribution in [3.05, 3.63) is 53.2 Å². The summed E-state index contributed by atoms with van der Waals surface area (Å²) in [6.45, 7) is 3.08. The second-order valence-electron chi connectivity index (χ2n) is 6.14. The molecule has 2 N–H and O–H groups in total. The molecule has 1 fully saturated rings. The molecule has 0 amide bonds. The molecule has 0 saturated carbocycles. The number of likely N-dealkylation sites (tertiary alicyclic amines) is 1. The van der Waals surface area contributed by atoms with Gasteiger partial charge in [-0.2, -0.15) is 0 Å². The molecule has 0 atom stereocenters. The third-order valence-corrected chi connectivity index (χ3v) is 4.48. The van der Waals surface area contributed by atoms with Crippen molar-refractivity contribution < 1.29 is 4.74 Å². The molecule has 1 aromatic heterocycles. The molecule has 1 aliphatic heterocycles. The van der Waals surface area contributed by atoms with E-state index in [1.165, 1.54) is 0 Å². The van der Waals surface area contributed by atoms with Gasteiger partial charge in [-0.05, 0) is 49.2 Å². The first kappa shape index (κ1) is 17.6. The normalized spacial score (nSPS) is 15.4. The van der Waals surface area contributed by atoms with Crippen LogP contribution in [0, 0.1) is 11.8 Å². The number of nitrogens with zero attached hydrogens (tertiary/aromatic N) is 2. The molecule has 1 saturated heterocycles. The summed E-state index contributed by atoms with van der Waals surface area (Å²) >= 11 is 5.90. The van der Waals surface area contributed by atoms with E-state index in [1.54, 1.807) is 12.3 Å². The highest BCUT2D eigenvalue weighted by molar-refractivity contribution is 6.30. The molecule has 2 aromatic rings. The van der Waals surface area contributed by atoms with Crippen molar-refractivity contribution in [2.75, 3.05) is 25.4 Å². The van der Waals surface area contributed by atoms with E-state index in [4.69, 9.17) is 22.1 Å². The number of nitrogens with two attached hydrogens (primary N) is 1. The predicted octanol–water partition coefficient (Wildman–Crippen LogP) is 3.60. The first-order valence-electron chi connectivity index (χ1n) is 8.54. The number of hydrogen-bond donors (Lipinski definition) is 1. The Morgan fingerprint density at radius 1 is 1.16 bits per heavy atom. The number of piperidine rings is 1. The number of anilines is 1. The highest BCUT2D eigenvalue weighted by Crippen LogP contribution is 2.21. The second-order valence-corrected chi connectivity index (χ2v) is 6.57. The number of ether oxygens (including phenoxy) is 1. The Labute approximate surface area is 154 Å². The van der Waals surface area contributed by atoms with Gasteiger partial charge in [0.1, 0.15) is 17.7 Å². The summed E-state index contributed by atoms with van der Waals surface area (Å²) in [7, 11) is 0. The summed E-state index contributed by atoms with van der Waals surface area (Å²) in [5.41, 5.74) is 6.47. The van der Waals surface area contributed by atoms with Gasteiger partial charge >= 0.3 is 0 Å². The minimum Gasteiger partial charge on any atom is -0.490 e. The first-order valence-corrected chi connectivity index (χ1v) is 8.92. The van der Waals surface area contributed by atoms with Crippen LogP contribution in [0.5, 0.6) is 5.75 Å². The van der Waals surface area contributed by atoms with Gasteiger partial charge in [0, 0.05) is 42.8 Å². The van der Waals surface area contributed by atoms with Crippen molar-refractivity contribution >= 4 is 17.4 Å². The van der Waals surface area contributed by atoms with Crippen LogP contribution in [0.1, 0.15) is 24.8 Å². The van der Waals surface area contributed by atoms with Gasteiger partial charge in [-0.1, -0.05) is 23.4 Å². The molecule has 1 aromatic carbocycles. The molecular weight excluding hydrogens is 334 g/mol. The largest absolute Gasteiger partial charge is 0.490 e. The van der Waals surface area contributed by atoms with Crippen molar-refractivity contribution in [2.45, 2.75) is 25.4 Å². The van der Waals surface area contributed by atoms with Gasteiger partial charge in [-0.25, -0.2) is 4.98 Å². The molecule has 0 unspecified atom stereocenters. The van der Waals surface area contributed by atoms with Crippen LogP contribution in [-0.2, 0) is 0 Å². The number of rotatable bonds is 4. The molecule has 0 bridgehead atoms. The topological polar surface area (TPSA) is 51.4 Å². The van der Waals surface area contributed by atoms with E-state index < -0.39 is 0 Å². The number of hydrogen-bond acceptors (Lipinski definition) is 4. The van der Waals surface area contributed by atoms with Crippen LogP contribution in [-0.4, -0.2) is 35.6 Å². The molecule has 25 heavy (non-hydrogen) atoms. The standard InChI is InChI=1S/C20H22ClN3O/c21-17-5-7-18(8-6-17)25-19-10-13-24(14-11-19)12-2-1-3-16-4-9-20(22)23-15-16/h4-9,15,19H,2,10-14H2,(H2,22,23). The SMILES string of the molecule is Nc1ccc(C#CCCN2CCC(Oc3ccc(Cl)cc3)CC2)cn1. The first-order chi connectivity index (χ1) is 12.2. The van der Waals surface area contributed by atoms with Crippen molar-refractivity contribution in [3.63, 3.8) is 0 Å². The average molecular weight is 356 g/mol. The predicted molar refractivity (Wildman–Crippen MR) is 102 cm³/mol. The lowest BCUT2D eigenvalue weighted by Gasteiger charge is -2.31. The van der Waals surface area contributed by atoms with Crippen LogP contribution in [0.4, 0.5) is 5.82 Å². The lowest BCUT2D eigenvalue weighted by atomic mass is 10.1. The van der Waals surface area contributed by atoms with E-state index in [-0.39, 0.29) is 6.10 Å². The van der Waals surface area contributed by atoms with E-state index in [0.29, 0.717) is 5.82 Å². The van der Waals surface area contributed by atoms with Crippen LogP contribution in [0.15, 0.2) is 42.6 Å². The lowest BCUT2D eigenvalue weighted by molar-refractivity contribution is 0.102. The monoisotopic (exact) mass is 355 g/mol. The number of pyridine rings is 1. The molecule has 5 heteroatoms. The van der Waals surface area contributed by atoms with Gasteiger partial charge in [0.05, 0.1) is 0 Å². The summed E-state index contributed by atoms with van der Waals surface area (Å²) in [6, 6.07) is 11.2. The number of benzene rings is 1. The maximum atomic E-state index is 6.02. The highest BCUT2D eigenvalue weighted by Gasteiger charge is 2.19. The van der Waals surface area contributed by atoms with Crippen LogP contribution < -0.4 is 10.5 Å². The van der Waals surface area contributed by atoms with Crippen LogP contribution in [0.3, 0.4) is 0 Å². The zero-order chi connectivity index (χ0) is 17.5. The Morgan fingerprint density at radius 2 is 1.92 bits per heavy atom. The van der Waals surface area contributed by atoms with Gasteiger partial charge in [0.2, 0.25) is 0 Å². The van der Waals surface area contributed by atoms with Crippen molar-refractivity contribution in [3.8, 4) is 17.6 Å². The van der Waals surface area contributed by atoms with E-state index in [1.807, 2.05) is 30.3 Å². The number of aromatic nitrogens is 1. The van der Waals surface area contributed by atoms with E-state index in [2.05, 4.69) is 21.7 Å². The molecule has 1 aliphatic rings. The average Bonchev–Trinajstić information content (AvgIpc) is 2.63. The maximum absolute atomic E-state index is 6.02. The minimum absolute atomic E-state index is 0.282. The lowest BCUT2D eigenvalue weighted by Crippen LogP contribution is -2.38. The van der Waals surface area contributed by atoms with Crippen LogP contribution >= 0.6 is 11.6 Å². The molecule has 0 radical (unpaired) electrons. The molecular formula is C20H22ClN3O. The van der Waals surface area contributed by atoms with E-state index in [9.17, 15) is 0 Å². The van der Waals surface area contributed by atoms with Crippen molar-refractivity contribution in [1.82, 2.24) is 9.88 Å². The van der Waals surface area contributed by atoms with Crippen molar-refractivity contribution in [1.29, 1.82) is 0 Å². The summed E-state index contributed by atoms with van der Waals surface area (Å²) in [5.74, 6) is 7.75. The fourth-order valence-electron chi connectivity index (χ4n) is 2.81. The molecule has 4 nitrogen and oxygen atoms in total. The van der Waals surface area contributed by atoms with Crippen LogP contribution in [0.25, 0.3) is 0 Å². The molecule has 0 spiro atoms. The number of nitrogen functional groups attached to an aromatic ring is 1. The quantitative estimate of drug-likeness (QED) is 0.851. The fourth-order valence-corrected chi connectivity index (χ4v) is 2.94. The summed E-state index contributed by atoms with van der Waals surface area (Å²) in [6.07, 6.45) is 4.93. The Balaban J connectivity index is 1.38. The Hall–Kier alpha value is -2.22. The Bertz CT molecular complexity index is 726. The third kappa shape index (κ3) is 5.67. The van der Waals surface area contributed by atoms with Gasteiger partial charge in [0.15, 0.2) is 0 Å².